The van der Waals surface area contributed by atoms with E-state index < -0.39 is 10.0 Å². The van der Waals surface area contributed by atoms with E-state index >= 15 is 0 Å². The lowest BCUT2D eigenvalue weighted by molar-refractivity contribution is -0.133. The van der Waals surface area contributed by atoms with Crippen LogP contribution in [0.4, 0.5) is 5.69 Å². The van der Waals surface area contributed by atoms with E-state index in [4.69, 9.17) is 0 Å². The van der Waals surface area contributed by atoms with Gasteiger partial charge >= 0.3 is 0 Å². The number of piperazine rings is 1. The summed E-state index contributed by atoms with van der Waals surface area (Å²) in [6.45, 7) is 6.34. The third-order valence-corrected chi connectivity index (χ3v) is 9.23. The topological polar surface area (TPSA) is 81.2 Å². The van der Waals surface area contributed by atoms with Crippen LogP contribution in [0.2, 0.25) is 0 Å². The van der Waals surface area contributed by atoms with E-state index in [9.17, 15) is 18.0 Å². The van der Waals surface area contributed by atoms with E-state index in [-0.39, 0.29) is 29.3 Å². The molecule has 0 N–H and O–H groups in total. The molecule has 0 aromatic heterocycles. The van der Waals surface area contributed by atoms with Gasteiger partial charge in [0, 0.05) is 57.9 Å². The highest BCUT2D eigenvalue weighted by Gasteiger charge is 2.33. The molecule has 1 saturated heterocycles. The number of nitrogens with zero attached hydrogens (tertiary/aromatic N) is 4. The van der Waals surface area contributed by atoms with Crippen molar-refractivity contribution in [1.29, 1.82) is 0 Å². The summed E-state index contributed by atoms with van der Waals surface area (Å²) in [5.41, 5.74) is 1.61. The standard InChI is InChI=1S/C24H36N4O4S/c1-18-15-20-16-22(9-10-23(20)28(18)19(2)29)33(31,32)25(3)17-24(30)27-13-11-26(12-14-27)21-7-5-4-6-8-21/h9-10,16,18,21H,4-8,11-15,17H2,1-3H3. The number of amides is 2. The SMILES string of the molecule is CC(=O)N1c2ccc(S(=O)(=O)N(C)CC(=O)N3CCN(C4CCCCC4)CC3)cc2CC1C. The molecule has 2 heterocycles. The Balaban J connectivity index is 1.37. The number of sulfonamides is 1. The zero-order valence-electron chi connectivity index (χ0n) is 20.0. The molecule has 2 fully saturated rings. The number of likely N-dealkylation sites (N-methyl/N-ethyl adjacent to an activating group) is 1. The third-order valence-electron chi connectivity index (χ3n) is 7.43. The number of carbonyl (C=O) groups is 2. The van der Waals surface area contributed by atoms with Crippen LogP contribution in [0.3, 0.4) is 0 Å². The number of benzene rings is 1. The summed E-state index contributed by atoms with van der Waals surface area (Å²) in [5.74, 6) is -0.204. The average molecular weight is 477 g/mol. The Kier molecular flexibility index (Phi) is 7.12. The van der Waals surface area contributed by atoms with Gasteiger partial charge in [-0.3, -0.25) is 14.5 Å². The smallest absolute Gasteiger partial charge is 0.243 e. The summed E-state index contributed by atoms with van der Waals surface area (Å²) in [5, 5.41) is 0. The maximum Gasteiger partial charge on any atom is 0.243 e. The van der Waals surface area contributed by atoms with Crippen molar-refractivity contribution in [2.24, 2.45) is 0 Å². The number of hydrogen-bond donors (Lipinski definition) is 0. The first-order valence-electron chi connectivity index (χ1n) is 12.1. The summed E-state index contributed by atoms with van der Waals surface area (Å²) in [4.78, 5) is 31.0. The fourth-order valence-electron chi connectivity index (χ4n) is 5.59. The molecule has 3 aliphatic rings. The highest BCUT2D eigenvalue weighted by molar-refractivity contribution is 7.89. The van der Waals surface area contributed by atoms with Gasteiger partial charge in [0.1, 0.15) is 0 Å². The molecule has 8 nitrogen and oxygen atoms in total. The first-order valence-corrected chi connectivity index (χ1v) is 13.5. The molecule has 2 aliphatic heterocycles. The predicted octanol–water partition coefficient (Wildman–Crippen LogP) is 2.08. The molecule has 9 heteroatoms. The van der Waals surface area contributed by atoms with Crippen molar-refractivity contribution in [3.63, 3.8) is 0 Å². The fourth-order valence-corrected chi connectivity index (χ4v) is 6.76. The molecule has 1 saturated carbocycles. The summed E-state index contributed by atoms with van der Waals surface area (Å²) >= 11 is 0. The van der Waals surface area contributed by atoms with Crippen molar-refractivity contribution < 1.29 is 18.0 Å². The molecule has 182 valence electrons. The van der Waals surface area contributed by atoms with Crippen molar-refractivity contribution in [3.8, 4) is 0 Å². The fraction of sp³-hybridized carbons (Fsp3) is 0.667. The van der Waals surface area contributed by atoms with Crippen molar-refractivity contribution in [3.05, 3.63) is 23.8 Å². The van der Waals surface area contributed by atoms with E-state index in [1.54, 1.807) is 21.9 Å². The van der Waals surface area contributed by atoms with Gasteiger partial charge in [-0.15, -0.1) is 0 Å². The summed E-state index contributed by atoms with van der Waals surface area (Å²) in [6, 6.07) is 5.52. The van der Waals surface area contributed by atoms with Crippen molar-refractivity contribution in [2.75, 3.05) is 44.7 Å². The largest absolute Gasteiger partial charge is 0.339 e. The van der Waals surface area contributed by atoms with Crippen LogP contribution in [0.5, 0.6) is 0 Å². The van der Waals surface area contributed by atoms with Crippen LogP contribution >= 0.6 is 0 Å². The molecule has 1 aromatic carbocycles. The van der Waals surface area contributed by atoms with Crippen LogP contribution < -0.4 is 4.90 Å². The Morgan fingerprint density at radius 3 is 2.36 bits per heavy atom. The second-order valence-electron chi connectivity index (χ2n) is 9.70. The van der Waals surface area contributed by atoms with E-state index in [1.807, 2.05) is 6.92 Å². The minimum Gasteiger partial charge on any atom is -0.339 e. The van der Waals surface area contributed by atoms with Crippen LogP contribution in [0, 0.1) is 0 Å². The van der Waals surface area contributed by atoms with Gasteiger partial charge in [-0.05, 0) is 49.9 Å². The molecule has 4 rings (SSSR count). The maximum atomic E-state index is 13.2. The average Bonchev–Trinajstić information content (AvgIpc) is 3.14. The highest BCUT2D eigenvalue weighted by atomic mass is 32.2. The number of hydrogen-bond acceptors (Lipinski definition) is 5. The van der Waals surface area contributed by atoms with Gasteiger partial charge in [-0.25, -0.2) is 8.42 Å². The molecule has 0 spiro atoms. The first-order chi connectivity index (χ1) is 15.7. The zero-order chi connectivity index (χ0) is 23.8. The molecule has 1 aliphatic carbocycles. The van der Waals surface area contributed by atoms with Crippen molar-refractivity contribution >= 4 is 27.5 Å². The lowest BCUT2D eigenvalue weighted by atomic mass is 9.94. The molecular formula is C24H36N4O4S. The van der Waals surface area contributed by atoms with Gasteiger partial charge in [0.2, 0.25) is 21.8 Å². The van der Waals surface area contributed by atoms with Crippen LogP contribution in [0.1, 0.15) is 51.5 Å². The molecule has 1 atom stereocenters. The summed E-state index contributed by atoms with van der Waals surface area (Å²) in [7, 11) is -2.34. The zero-order valence-corrected chi connectivity index (χ0v) is 20.8. The molecule has 0 radical (unpaired) electrons. The van der Waals surface area contributed by atoms with Gasteiger partial charge < -0.3 is 9.80 Å². The number of anilines is 1. The van der Waals surface area contributed by atoms with E-state index in [1.165, 1.54) is 52.1 Å². The number of rotatable bonds is 5. The Morgan fingerprint density at radius 1 is 1.06 bits per heavy atom. The van der Waals surface area contributed by atoms with Gasteiger partial charge in [-0.1, -0.05) is 19.3 Å². The normalized spacial score (nSPS) is 22.6. The third kappa shape index (κ3) is 4.95. The van der Waals surface area contributed by atoms with E-state index in [0.717, 1.165) is 28.6 Å². The second-order valence-corrected chi connectivity index (χ2v) is 11.7. The second kappa shape index (κ2) is 9.72. The monoisotopic (exact) mass is 476 g/mol. The molecule has 1 unspecified atom stereocenters. The molecule has 2 amide bonds. The quantitative estimate of drug-likeness (QED) is 0.650. The predicted molar refractivity (Wildman–Crippen MR) is 128 cm³/mol. The van der Waals surface area contributed by atoms with Crippen LogP contribution in [-0.4, -0.2) is 86.2 Å². The van der Waals surface area contributed by atoms with Crippen LogP contribution in [0.25, 0.3) is 0 Å². The van der Waals surface area contributed by atoms with Crippen LogP contribution in [-0.2, 0) is 26.0 Å². The molecular weight excluding hydrogens is 440 g/mol. The summed E-state index contributed by atoms with van der Waals surface area (Å²) in [6.07, 6.45) is 7.03. The van der Waals surface area contributed by atoms with Gasteiger partial charge in [-0.2, -0.15) is 4.31 Å². The Labute approximate surface area is 197 Å². The maximum absolute atomic E-state index is 13.2. The van der Waals surface area contributed by atoms with E-state index in [2.05, 4.69) is 4.90 Å². The Morgan fingerprint density at radius 2 is 1.73 bits per heavy atom. The number of carbonyl (C=O) groups excluding carboxylic acids is 2. The molecule has 1 aromatic rings. The Hall–Kier alpha value is -1.97. The van der Waals surface area contributed by atoms with Gasteiger partial charge in [0.25, 0.3) is 0 Å². The minimum absolute atomic E-state index is 0.00189. The van der Waals surface area contributed by atoms with Gasteiger partial charge in [0.05, 0.1) is 11.4 Å². The Bertz CT molecular complexity index is 998. The minimum atomic E-state index is -3.81. The highest BCUT2D eigenvalue weighted by Crippen LogP contribution is 2.34. The molecule has 33 heavy (non-hydrogen) atoms. The lowest BCUT2D eigenvalue weighted by Gasteiger charge is -2.41. The number of fused-ring (bicyclic) bond motifs is 1. The van der Waals surface area contributed by atoms with Gasteiger partial charge in [0.15, 0.2) is 0 Å². The first kappa shape index (κ1) is 24.2. The van der Waals surface area contributed by atoms with Crippen molar-refractivity contribution in [1.82, 2.24) is 14.1 Å². The summed E-state index contributed by atoms with van der Waals surface area (Å²) < 4.78 is 27.5. The molecule has 0 bridgehead atoms. The van der Waals surface area contributed by atoms with Crippen LogP contribution in [0.15, 0.2) is 23.1 Å². The van der Waals surface area contributed by atoms with Crippen molar-refractivity contribution in [2.45, 2.75) is 69.4 Å². The lowest BCUT2D eigenvalue weighted by Crippen LogP contribution is -2.54. The van der Waals surface area contributed by atoms with E-state index in [0.29, 0.717) is 25.6 Å².